The number of anilines is 2. The Morgan fingerprint density at radius 1 is 1.36 bits per heavy atom. The second-order valence-corrected chi connectivity index (χ2v) is 4.96. The monoisotopic (exact) mass is 299 g/mol. The minimum absolute atomic E-state index is 0.317. The van der Waals surface area contributed by atoms with Gasteiger partial charge in [0.2, 0.25) is 5.95 Å². The molecule has 0 saturated carbocycles. The molecular weight excluding hydrogens is 289 g/mol. The summed E-state index contributed by atoms with van der Waals surface area (Å²) >= 11 is 0. The smallest absolute Gasteiger partial charge is 0.288 e. The minimum Gasteiger partial charge on any atom is -0.318 e. The van der Waals surface area contributed by atoms with Gasteiger partial charge in [-0.2, -0.15) is 9.78 Å². The molecule has 0 saturated heterocycles. The highest BCUT2D eigenvalue weighted by molar-refractivity contribution is 5.64. The van der Waals surface area contributed by atoms with E-state index >= 15 is 0 Å². The molecule has 0 aliphatic carbocycles. The lowest BCUT2D eigenvalue weighted by atomic mass is 9.95. The molecule has 0 spiro atoms. The quantitative estimate of drug-likeness (QED) is 0.541. The number of hydrogen-bond acceptors (Lipinski definition) is 6. The van der Waals surface area contributed by atoms with E-state index in [-0.39, 0.29) is 11.4 Å². The Hall–Kier alpha value is -3.10. The summed E-state index contributed by atoms with van der Waals surface area (Å²) in [5.41, 5.74) is 1.80. The molecular formula is C13H10FN7O. The van der Waals surface area contributed by atoms with Crippen LogP contribution in [0.2, 0.25) is 0 Å². The number of hydrogen-bond donors (Lipinski definition) is 2. The van der Waals surface area contributed by atoms with Crippen LogP contribution in [0.5, 0.6) is 0 Å². The van der Waals surface area contributed by atoms with Gasteiger partial charge in [0.1, 0.15) is 17.5 Å². The zero-order chi connectivity index (χ0) is 15.3. The molecule has 1 atom stereocenters. The zero-order valence-corrected chi connectivity index (χ0v) is 11.4. The summed E-state index contributed by atoms with van der Waals surface area (Å²) in [6.07, 6.45) is 0. The maximum Gasteiger partial charge on any atom is 0.288 e. The molecule has 0 amide bonds. The molecule has 1 aliphatic rings. The van der Waals surface area contributed by atoms with Crippen molar-refractivity contribution in [3.05, 3.63) is 57.3 Å². The number of nitrogens with zero attached hydrogens (tertiary/aromatic N) is 5. The van der Waals surface area contributed by atoms with Crippen molar-refractivity contribution in [2.45, 2.75) is 13.0 Å². The summed E-state index contributed by atoms with van der Waals surface area (Å²) in [5, 5.41) is 20.7. The van der Waals surface area contributed by atoms with Crippen molar-refractivity contribution in [1.82, 2.24) is 30.4 Å². The molecule has 1 aliphatic heterocycles. The molecule has 0 radical (unpaired) electrons. The van der Waals surface area contributed by atoms with Crippen LogP contribution < -0.4 is 10.9 Å². The van der Waals surface area contributed by atoms with Gasteiger partial charge in [-0.3, -0.25) is 4.79 Å². The summed E-state index contributed by atoms with van der Waals surface area (Å²) in [4.78, 5) is 12.1. The van der Waals surface area contributed by atoms with Crippen LogP contribution in [0.3, 0.4) is 0 Å². The summed E-state index contributed by atoms with van der Waals surface area (Å²) in [7, 11) is 0. The Bertz CT molecular complexity index is 932. The highest BCUT2D eigenvalue weighted by Crippen LogP contribution is 2.37. The van der Waals surface area contributed by atoms with E-state index < -0.39 is 6.04 Å². The fourth-order valence-electron chi connectivity index (χ4n) is 2.68. The lowest BCUT2D eigenvalue weighted by Crippen LogP contribution is -2.29. The number of aromatic nitrogens is 6. The summed E-state index contributed by atoms with van der Waals surface area (Å²) < 4.78 is 15.1. The molecule has 0 bridgehead atoms. The van der Waals surface area contributed by atoms with Crippen LogP contribution in [-0.4, -0.2) is 30.4 Å². The first-order valence-electron chi connectivity index (χ1n) is 6.54. The van der Waals surface area contributed by atoms with Crippen molar-refractivity contribution >= 4 is 11.6 Å². The van der Waals surface area contributed by atoms with E-state index in [2.05, 4.69) is 31.0 Å². The van der Waals surface area contributed by atoms with Gasteiger partial charge in [0.05, 0.1) is 5.69 Å². The topological polar surface area (TPSA) is 101 Å². The van der Waals surface area contributed by atoms with E-state index in [1.165, 1.54) is 16.8 Å². The number of H-pyrrole nitrogens is 1. The number of halogens is 1. The van der Waals surface area contributed by atoms with Gasteiger partial charge in [0, 0.05) is 5.56 Å². The van der Waals surface area contributed by atoms with Crippen molar-refractivity contribution in [2.24, 2.45) is 0 Å². The average Bonchev–Trinajstić information content (AvgIpc) is 2.97. The number of rotatable bonds is 1. The van der Waals surface area contributed by atoms with Crippen molar-refractivity contribution < 1.29 is 4.39 Å². The second kappa shape index (κ2) is 4.45. The molecule has 3 heterocycles. The molecule has 3 aromatic rings. The van der Waals surface area contributed by atoms with Crippen LogP contribution >= 0.6 is 0 Å². The molecule has 2 aromatic heterocycles. The van der Waals surface area contributed by atoms with Crippen LogP contribution in [0.25, 0.3) is 0 Å². The summed E-state index contributed by atoms with van der Waals surface area (Å²) in [5.74, 6) is -0.0551. The minimum atomic E-state index is -0.522. The van der Waals surface area contributed by atoms with E-state index in [0.29, 0.717) is 28.5 Å². The van der Waals surface area contributed by atoms with E-state index in [9.17, 15) is 9.18 Å². The predicted molar refractivity (Wildman–Crippen MR) is 74.3 cm³/mol. The number of nitrogens with one attached hydrogen (secondary N) is 2. The zero-order valence-electron chi connectivity index (χ0n) is 11.4. The van der Waals surface area contributed by atoms with Crippen LogP contribution in [0.4, 0.5) is 16.0 Å². The number of aromatic amines is 1. The summed E-state index contributed by atoms with van der Waals surface area (Å²) in [6, 6.07) is 5.59. The largest absolute Gasteiger partial charge is 0.318 e. The third-order valence-corrected chi connectivity index (χ3v) is 3.62. The Morgan fingerprint density at radius 2 is 2.23 bits per heavy atom. The standard InChI is InChI=1S/C13H10FN7O/c1-6-9-10(12(22)17-16-6)15-13-18-19-20-21(13)11(9)7-3-2-4-8(14)5-7/h2-5,11H,1H3,(H,17,22)(H,15,18,20)/t11-/m0/s1. The van der Waals surface area contributed by atoms with E-state index in [0.717, 1.165) is 0 Å². The van der Waals surface area contributed by atoms with Gasteiger partial charge in [-0.05, 0) is 35.0 Å². The van der Waals surface area contributed by atoms with E-state index in [4.69, 9.17) is 0 Å². The van der Waals surface area contributed by atoms with Crippen LogP contribution in [0.15, 0.2) is 29.1 Å². The maximum atomic E-state index is 13.6. The Kier molecular flexibility index (Phi) is 2.55. The fourth-order valence-corrected chi connectivity index (χ4v) is 2.68. The third-order valence-electron chi connectivity index (χ3n) is 3.62. The molecule has 8 nitrogen and oxygen atoms in total. The average molecular weight is 299 g/mol. The Balaban J connectivity index is 2.04. The molecule has 2 N–H and O–H groups in total. The maximum absolute atomic E-state index is 13.6. The SMILES string of the molecule is Cc1n[nH]c(=O)c2c1[C@H](c1cccc(F)c1)n1nnnc1N2. The normalized spacial score (nSPS) is 15.8. The van der Waals surface area contributed by atoms with Crippen LogP contribution in [0.1, 0.15) is 22.9 Å². The summed E-state index contributed by atoms with van der Waals surface area (Å²) in [6.45, 7) is 1.76. The predicted octanol–water partition coefficient (Wildman–Crippen LogP) is 0.899. The number of aryl methyl sites for hydroxylation is 1. The molecule has 0 unspecified atom stereocenters. The second-order valence-electron chi connectivity index (χ2n) is 4.96. The molecule has 0 fully saturated rings. The van der Waals surface area contributed by atoms with E-state index in [1.54, 1.807) is 19.1 Å². The van der Waals surface area contributed by atoms with Gasteiger partial charge in [-0.25, -0.2) is 9.49 Å². The van der Waals surface area contributed by atoms with Crippen molar-refractivity contribution in [2.75, 3.05) is 5.32 Å². The van der Waals surface area contributed by atoms with Crippen molar-refractivity contribution in [1.29, 1.82) is 0 Å². The fraction of sp³-hybridized carbons (Fsp3) is 0.154. The molecule has 110 valence electrons. The van der Waals surface area contributed by atoms with Crippen molar-refractivity contribution in [3.63, 3.8) is 0 Å². The molecule has 9 heteroatoms. The van der Waals surface area contributed by atoms with E-state index in [1.807, 2.05) is 0 Å². The first kappa shape index (κ1) is 12.6. The molecule has 1 aromatic carbocycles. The number of fused-ring (bicyclic) bond motifs is 2. The van der Waals surface area contributed by atoms with Gasteiger partial charge >= 0.3 is 0 Å². The first-order chi connectivity index (χ1) is 10.6. The van der Waals surface area contributed by atoms with Gasteiger partial charge in [0.25, 0.3) is 5.56 Å². The molecule has 22 heavy (non-hydrogen) atoms. The highest BCUT2D eigenvalue weighted by Gasteiger charge is 2.32. The van der Waals surface area contributed by atoms with Crippen molar-refractivity contribution in [3.8, 4) is 0 Å². The molecule has 4 rings (SSSR count). The van der Waals surface area contributed by atoms with Gasteiger partial charge in [-0.1, -0.05) is 17.2 Å². The van der Waals surface area contributed by atoms with Gasteiger partial charge in [-0.15, -0.1) is 0 Å². The Morgan fingerprint density at radius 3 is 3.05 bits per heavy atom. The third kappa shape index (κ3) is 1.72. The highest BCUT2D eigenvalue weighted by atomic mass is 19.1. The van der Waals surface area contributed by atoms with Gasteiger partial charge in [0.15, 0.2) is 0 Å². The Labute approximate surface area is 123 Å². The van der Waals surface area contributed by atoms with Gasteiger partial charge < -0.3 is 5.32 Å². The lowest BCUT2D eigenvalue weighted by molar-refractivity contribution is 0.555. The van der Waals surface area contributed by atoms with Crippen LogP contribution in [0, 0.1) is 12.7 Å². The number of benzene rings is 1. The number of tetrazole rings is 1. The van der Waals surface area contributed by atoms with Crippen LogP contribution in [-0.2, 0) is 0 Å². The lowest BCUT2D eigenvalue weighted by Gasteiger charge is -2.27. The first-order valence-corrected chi connectivity index (χ1v) is 6.54.